The van der Waals surface area contributed by atoms with Crippen LogP contribution in [0.15, 0.2) is 54.6 Å². The average Bonchev–Trinajstić information content (AvgIpc) is 4.16. The summed E-state index contributed by atoms with van der Waals surface area (Å²) in [5.74, 6) is -34.7. The second-order valence-electron chi connectivity index (χ2n) is 14.0. The molecule has 2 aliphatic rings. The SMILES string of the molecule is O=Cc1ccc(Oc2c(F)c(F)c(-c3c4nc(c(-c5c(F)c(F)c(F)c(F)c5F)c5ccc(cc6nc(c(-c7c(F)c(F)c(F)c(F)c7F)c7ccc3[nH]7)C=C6)[nH]5)C=C4)c(F)c2F)cc1. The van der Waals surface area contributed by atoms with Crippen LogP contribution in [0.1, 0.15) is 33.1 Å². The van der Waals surface area contributed by atoms with Gasteiger partial charge in [-0.15, -0.1) is 0 Å². The number of H-pyrrole nitrogens is 2. The second kappa shape index (κ2) is 15.6. The van der Waals surface area contributed by atoms with Gasteiger partial charge in [0.1, 0.15) is 12.0 Å². The summed E-state index contributed by atoms with van der Waals surface area (Å²) in [4.78, 5) is 24.6. The Morgan fingerprint density at radius 3 is 1.25 bits per heavy atom. The Balaban J connectivity index is 1.45. The first-order chi connectivity index (χ1) is 31.0. The maximum absolute atomic E-state index is 16.5. The predicted octanol–water partition coefficient (Wildman–Crippen LogP) is 13.2. The average molecular weight is 911 g/mol. The van der Waals surface area contributed by atoms with Gasteiger partial charge in [0.2, 0.25) is 29.0 Å². The van der Waals surface area contributed by atoms with E-state index in [4.69, 9.17) is 4.74 Å². The monoisotopic (exact) mass is 910 g/mol. The molecule has 0 amide bonds. The molecule has 7 aromatic rings. The van der Waals surface area contributed by atoms with Gasteiger partial charge in [-0.05, 0) is 78.9 Å². The van der Waals surface area contributed by atoms with Crippen LogP contribution in [0, 0.1) is 81.4 Å². The minimum absolute atomic E-state index is 0.0332. The standard InChI is InChI=1S/C45H16F14N4O2/c46-31-28(32(47)38(53)41(56)37(31)52)25-19-7-3-16(60-19)13-17-4-8-20(61-17)26(29-33(48)39(54)42(57)40(55)34(29)49)22-10-12-24(63-22)27(23-11-9-21(25)62-23)30-35(50)43(58)45(44(59)36(30)51)65-18-5-1-15(14-64)2-6-18/h1-14,60,63H. The molecule has 0 unspecified atom stereocenters. The molecule has 0 fully saturated rings. The molecule has 20 heteroatoms. The zero-order valence-electron chi connectivity index (χ0n) is 31.6. The van der Waals surface area contributed by atoms with E-state index in [2.05, 4.69) is 19.9 Å². The Morgan fingerprint density at radius 1 is 0.400 bits per heavy atom. The predicted molar refractivity (Wildman–Crippen MR) is 206 cm³/mol. The third-order valence-corrected chi connectivity index (χ3v) is 10.2. The Bertz CT molecular complexity index is 3330. The maximum Gasteiger partial charge on any atom is 0.205 e. The number of fused-ring (bicyclic) bond motifs is 8. The number of aromatic nitrogens is 4. The summed E-state index contributed by atoms with van der Waals surface area (Å²) in [6, 6.07) is 9.61. The number of aldehydes is 1. The van der Waals surface area contributed by atoms with Gasteiger partial charge < -0.3 is 14.7 Å². The van der Waals surface area contributed by atoms with E-state index in [9.17, 15) is 31.1 Å². The van der Waals surface area contributed by atoms with Crippen molar-refractivity contribution in [3.8, 4) is 44.9 Å². The summed E-state index contributed by atoms with van der Waals surface area (Å²) < 4.78 is 220. The van der Waals surface area contributed by atoms with E-state index in [1.807, 2.05) is 0 Å². The molecule has 0 saturated heterocycles. The van der Waals surface area contributed by atoms with Crippen LogP contribution in [0.4, 0.5) is 61.5 Å². The quantitative estimate of drug-likeness (QED) is 0.0753. The van der Waals surface area contributed by atoms with Gasteiger partial charge in [0.05, 0.1) is 39.5 Å². The molecular formula is C45H16F14N4O2. The largest absolute Gasteiger partial charge is 0.451 e. The lowest BCUT2D eigenvalue weighted by atomic mass is 10.0. The van der Waals surface area contributed by atoms with Gasteiger partial charge in [0.15, 0.2) is 58.2 Å². The number of ether oxygens (including phenoxy) is 1. The van der Waals surface area contributed by atoms with Gasteiger partial charge >= 0.3 is 0 Å². The van der Waals surface area contributed by atoms with Crippen LogP contribution in [0.5, 0.6) is 11.5 Å². The highest BCUT2D eigenvalue weighted by Crippen LogP contribution is 2.44. The molecule has 3 aromatic heterocycles. The zero-order valence-corrected chi connectivity index (χ0v) is 31.6. The molecule has 0 atom stereocenters. The summed E-state index contributed by atoms with van der Waals surface area (Å²) in [5, 5.41) is 0. The van der Waals surface area contributed by atoms with Gasteiger partial charge in [0, 0.05) is 44.3 Å². The van der Waals surface area contributed by atoms with Crippen molar-refractivity contribution >= 4 is 52.7 Å². The molecular weight excluding hydrogens is 894 g/mol. The molecule has 9 rings (SSSR count). The van der Waals surface area contributed by atoms with Crippen molar-refractivity contribution in [3.05, 3.63) is 164 Å². The van der Waals surface area contributed by atoms with Crippen molar-refractivity contribution in [1.82, 2.24) is 19.9 Å². The Labute approximate surface area is 352 Å². The van der Waals surface area contributed by atoms with Crippen LogP contribution in [-0.4, -0.2) is 26.2 Å². The molecule has 2 N–H and O–H groups in total. The number of carbonyl (C=O) groups is 1. The Hall–Kier alpha value is -8.03. The van der Waals surface area contributed by atoms with E-state index >= 15 is 35.1 Å². The van der Waals surface area contributed by atoms with Crippen LogP contribution in [0.2, 0.25) is 0 Å². The van der Waals surface area contributed by atoms with Crippen LogP contribution in [0.3, 0.4) is 0 Å². The van der Waals surface area contributed by atoms with E-state index in [0.29, 0.717) is 6.29 Å². The lowest BCUT2D eigenvalue weighted by molar-refractivity contribution is 0.112. The number of hydrogen-bond acceptors (Lipinski definition) is 4. The molecule has 6 nitrogen and oxygen atoms in total. The number of carbonyl (C=O) groups excluding carboxylic acids is 1. The van der Waals surface area contributed by atoms with Gasteiger partial charge in [0.25, 0.3) is 0 Å². The molecule has 5 heterocycles. The molecule has 0 spiro atoms. The lowest BCUT2D eigenvalue weighted by Crippen LogP contribution is -2.05. The number of nitrogens with zero attached hydrogens (tertiary/aromatic N) is 2. The maximum atomic E-state index is 16.5. The fraction of sp³-hybridized carbons (Fsp3) is 0. The van der Waals surface area contributed by atoms with Crippen molar-refractivity contribution in [2.45, 2.75) is 0 Å². The third kappa shape index (κ3) is 6.70. The summed E-state index contributed by atoms with van der Waals surface area (Å²) >= 11 is 0. The van der Waals surface area contributed by atoms with Crippen LogP contribution in [-0.2, 0) is 0 Å². The number of hydrogen-bond donors (Lipinski definition) is 2. The van der Waals surface area contributed by atoms with Gasteiger partial charge in [-0.1, -0.05) is 0 Å². The molecule has 0 saturated carbocycles. The Morgan fingerprint density at radius 2 is 0.785 bits per heavy atom. The number of benzene rings is 4. The first kappa shape index (κ1) is 42.3. The molecule has 2 aliphatic heterocycles. The molecule has 326 valence electrons. The van der Waals surface area contributed by atoms with E-state index in [-0.39, 0.29) is 16.8 Å². The summed E-state index contributed by atoms with van der Waals surface area (Å²) in [7, 11) is 0. The topological polar surface area (TPSA) is 83.7 Å². The summed E-state index contributed by atoms with van der Waals surface area (Å²) in [6.45, 7) is 0. The normalized spacial score (nSPS) is 12.1. The fourth-order valence-corrected chi connectivity index (χ4v) is 7.23. The lowest BCUT2D eigenvalue weighted by Gasteiger charge is -2.14. The van der Waals surface area contributed by atoms with Gasteiger partial charge in [-0.25, -0.2) is 62.7 Å². The van der Waals surface area contributed by atoms with E-state index in [0.717, 1.165) is 60.7 Å². The number of aromatic amines is 2. The van der Waals surface area contributed by atoms with Crippen molar-refractivity contribution in [3.63, 3.8) is 0 Å². The molecule has 65 heavy (non-hydrogen) atoms. The van der Waals surface area contributed by atoms with Gasteiger partial charge in [-0.3, -0.25) is 4.79 Å². The molecule has 8 bridgehead atoms. The van der Waals surface area contributed by atoms with Crippen LogP contribution < -0.4 is 4.74 Å². The summed E-state index contributed by atoms with van der Waals surface area (Å²) in [5.41, 5.74) is -11.1. The van der Waals surface area contributed by atoms with Crippen molar-refractivity contribution in [2.24, 2.45) is 0 Å². The van der Waals surface area contributed by atoms with E-state index < -0.39 is 160 Å². The van der Waals surface area contributed by atoms with E-state index in [1.165, 1.54) is 18.2 Å². The first-order valence-electron chi connectivity index (χ1n) is 18.3. The number of nitrogens with one attached hydrogen (secondary N) is 2. The zero-order chi connectivity index (χ0) is 46.3. The fourth-order valence-electron chi connectivity index (χ4n) is 7.23. The molecule has 0 radical (unpaired) electrons. The van der Waals surface area contributed by atoms with Crippen molar-refractivity contribution < 1.29 is 71.0 Å². The van der Waals surface area contributed by atoms with Crippen molar-refractivity contribution in [2.75, 3.05) is 0 Å². The highest BCUT2D eigenvalue weighted by Gasteiger charge is 2.34. The Kier molecular flexibility index (Phi) is 10.2. The number of halogens is 14. The molecule has 0 aliphatic carbocycles. The van der Waals surface area contributed by atoms with Crippen LogP contribution >= 0.6 is 0 Å². The van der Waals surface area contributed by atoms with Gasteiger partial charge in [-0.2, -0.15) is 8.78 Å². The highest BCUT2D eigenvalue weighted by molar-refractivity contribution is 5.98. The third-order valence-electron chi connectivity index (χ3n) is 10.2. The summed E-state index contributed by atoms with van der Waals surface area (Å²) in [6.07, 6.45) is 4.36. The highest BCUT2D eigenvalue weighted by atomic mass is 19.2. The minimum atomic E-state index is -2.52. The molecule has 4 aromatic carbocycles. The number of rotatable bonds is 6. The van der Waals surface area contributed by atoms with Crippen LogP contribution in [0.25, 0.3) is 79.8 Å². The smallest absolute Gasteiger partial charge is 0.205 e. The van der Waals surface area contributed by atoms with E-state index in [1.54, 1.807) is 0 Å². The minimum Gasteiger partial charge on any atom is -0.451 e. The second-order valence-corrected chi connectivity index (χ2v) is 14.0. The first-order valence-corrected chi connectivity index (χ1v) is 18.3. The van der Waals surface area contributed by atoms with Crippen molar-refractivity contribution in [1.29, 1.82) is 0 Å².